The van der Waals surface area contributed by atoms with Crippen LogP contribution in [0.25, 0.3) is 0 Å². The zero-order valence-corrected chi connectivity index (χ0v) is 9.14. The van der Waals surface area contributed by atoms with Crippen LogP contribution in [0.1, 0.15) is 18.9 Å². The summed E-state index contributed by atoms with van der Waals surface area (Å²) in [6, 6.07) is 5.75. The Morgan fingerprint density at radius 1 is 1.12 bits per heavy atom. The van der Waals surface area contributed by atoms with Crippen LogP contribution >= 0.6 is 0 Å². The van der Waals surface area contributed by atoms with E-state index in [1.165, 1.54) is 24.3 Å². The zero-order valence-electron chi connectivity index (χ0n) is 9.14. The Labute approximate surface area is 96.4 Å². The van der Waals surface area contributed by atoms with Gasteiger partial charge >= 0.3 is 11.8 Å². The molecule has 2 rings (SSSR count). The van der Waals surface area contributed by atoms with E-state index in [9.17, 15) is 17.6 Å². The van der Waals surface area contributed by atoms with Gasteiger partial charge in [-0.15, -0.1) is 0 Å². The molecule has 1 radical (unpaired) electrons. The van der Waals surface area contributed by atoms with Crippen LogP contribution in [0.15, 0.2) is 24.3 Å². The molecule has 0 saturated heterocycles. The van der Waals surface area contributed by atoms with Crippen molar-refractivity contribution in [3.63, 3.8) is 0 Å². The molecule has 0 heterocycles. The first-order chi connectivity index (χ1) is 7.88. The maximum Gasteiger partial charge on any atom is 0.320 e. The molecular formula is C12H11F4O. The molecule has 0 unspecified atom stereocenters. The predicted octanol–water partition coefficient (Wildman–Crippen LogP) is 3.68. The standard InChI is InChI=1S/C12H11F4O/c1-2-17-9-5-3-8(4-6-9)10-7-11(13,14)12(10,15)16/h3-6H,2,7H2,1H3. The molecule has 0 amide bonds. The minimum absolute atomic E-state index is 0.143. The second kappa shape index (κ2) is 3.89. The molecule has 1 aliphatic rings. The summed E-state index contributed by atoms with van der Waals surface area (Å²) in [4.78, 5) is 0. The van der Waals surface area contributed by atoms with Crippen molar-refractivity contribution in [3.8, 4) is 5.75 Å². The molecule has 0 aromatic heterocycles. The average molecular weight is 247 g/mol. The third kappa shape index (κ3) is 1.87. The molecule has 0 N–H and O–H groups in total. The third-order valence-corrected chi connectivity index (χ3v) is 2.75. The van der Waals surface area contributed by atoms with Gasteiger partial charge in [-0.1, -0.05) is 12.1 Å². The Hall–Kier alpha value is -1.26. The first-order valence-corrected chi connectivity index (χ1v) is 5.23. The Bertz CT molecular complexity index is 399. The second-order valence-corrected chi connectivity index (χ2v) is 3.89. The molecule has 0 bridgehead atoms. The van der Waals surface area contributed by atoms with E-state index >= 15 is 0 Å². The first kappa shape index (κ1) is 12.2. The van der Waals surface area contributed by atoms with Gasteiger partial charge in [0, 0.05) is 6.42 Å². The molecular weight excluding hydrogens is 236 g/mol. The quantitative estimate of drug-likeness (QED) is 0.740. The van der Waals surface area contributed by atoms with Gasteiger partial charge in [0.25, 0.3) is 0 Å². The van der Waals surface area contributed by atoms with Crippen LogP contribution in [0.2, 0.25) is 0 Å². The van der Waals surface area contributed by atoms with Crippen LogP contribution in [0.4, 0.5) is 17.6 Å². The molecule has 5 heteroatoms. The van der Waals surface area contributed by atoms with Crippen molar-refractivity contribution in [3.05, 3.63) is 35.7 Å². The van der Waals surface area contributed by atoms with E-state index < -0.39 is 24.2 Å². The van der Waals surface area contributed by atoms with Gasteiger partial charge in [-0.2, -0.15) is 17.6 Å². The molecule has 93 valence electrons. The van der Waals surface area contributed by atoms with E-state index in [1.54, 1.807) is 6.92 Å². The number of hydrogen-bond donors (Lipinski definition) is 0. The minimum Gasteiger partial charge on any atom is -0.494 e. The van der Waals surface area contributed by atoms with Gasteiger partial charge < -0.3 is 4.74 Å². The molecule has 1 aliphatic carbocycles. The highest BCUT2D eigenvalue weighted by molar-refractivity contribution is 5.44. The van der Waals surface area contributed by atoms with Gasteiger partial charge in [-0.05, 0) is 24.6 Å². The summed E-state index contributed by atoms with van der Waals surface area (Å²) < 4.78 is 56.6. The van der Waals surface area contributed by atoms with Gasteiger partial charge in [0.05, 0.1) is 12.5 Å². The third-order valence-electron chi connectivity index (χ3n) is 2.75. The topological polar surface area (TPSA) is 9.23 Å². The summed E-state index contributed by atoms with van der Waals surface area (Å²) >= 11 is 0. The Kier molecular flexibility index (Phi) is 2.79. The van der Waals surface area contributed by atoms with E-state index in [0.717, 1.165) is 0 Å². The lowest BCUT2D eigenvalue weighted by Crippen LogP contribution is -2.57. The fraction of sp³-hybridized carbons (Fsp3) is 0.417. The van der Waals surface area contributed by atoms with Crippen molar-refractivity contribution in [2.75, 3.05) is 6.61 Å². The predicted molar refractivity (Wildman–Crippen MR) is 54.5 cm³/mol. The van der Waals surface area contributed by atoms with E-state index in [2.05, 4.69) is 0 Å². The van der Waals surface area contributed by atoms with E-state index in [0.29, 0.717) is 12.4 Å². The molecule has 0 aliphatic heterocycles. The number of benzene rings is 1. The van der Waals surface area contributed by atoms with Crippen LogP contribution in [-0.2, 0) is 0 Å². The molecule has 1 fully saturated rings. The smallest absolute Gasteiger partial charge is 0.320 e. The highest BCUT2D eigenvalue weighted by Crippen LogP contribution is 2.59. The van der Waals surface area contributed by atoms with Crippen LogP contribution in [0.5, 0.6) is 5.75 Å². The fourth-order valence-electron chi connectivity index (χ4n) is 1.76. The van der Waals surface area contributed by atoms with Crippen molar-refractivity contribution in [1.82, 2.24) is 0 Å². The molecule has 1 aromatic carbocycles. The van der Waals surface area contributed by atoms with E-state index in [1.807, 2.05) is 0 Å². The van der Waals surface area contributed by atoms with Crippen LogP contribution < -0.4 is 4.74 Å². The largest absolute Gasteiger partial charge is 0.494 e. The van der Waals surface area contributed by atoms with Crippen molar-refractivity contribution in [2.45, 2.75) is 25.2 Å². The lowest BCUT2D eigenvalue weighted by atomic mass is 9.73. The maximum absolute atomic E-state index is 13.1. The van der Waals surface area contributed by atoms with Gasteiger partial charge in [0.15, 0.2) is 0 Å². The minimum atomic E-state index is -4.03. The van der Waals surface area contributed by atoms with Gasteiger partial charge in [-0.25, -0.2) is 0 Å². The van der Waals surface area contributed by atoms with Crippen molar-refractivity contribution in [2.24, 2.45) is 0 Å². The number of halogens is 4. The number of rotatable bonds is 3. The summed E-state index contributed by atoms with van der Waals surface area (Å²) in [5.74, 6) is -7.92. The SMILES string of the molecule is CCOc1ccc([C]2CC(F)(F)C2(F)F)cc1. The number of hydrogen-bond acceptors (Lipinski definition) is 1. The van der Waals surface area contributed by atoms with Gasteiger partial charge in [0.1, 0.15) is 5.75 Å². The van der Waals surface area contributed by atoms with Crippen molar-refractivity contribution >= 4 is 0 Å². The fourth-order valence-corrected chi connectivity index (χ4v) is 1.76. The summed E-state index contributed by atoms with van der Waals surface area (Å²) in [5.41, 5.74) is 0.143. The summed E-state index contributed by atoms with van der Waals surface area (Å²) in [6.45, 7) is 2.26. The maximum atomic E-state index is 13.1. The molecule has 17 heavy (non-hydrogen) atoms. The zero-order chi connectivity index (χ0) is 12.7. The van der Waals surface area contributed by atoms with Gasteiger partial charge in [-0.3, -0.25) is 0 Å². The Morgan fingerprint density at radius 2 is 1.71 bits per heavy atom. The lowest BCUT2D eigenvalue weighted by molar-refractivity contribution is -0.249. The summed E-state index contributed by atoms with van der Waals surface area (Å²) in [5, 5.41) is 0. The molecule has 0 spiro atoms. The Morgan fingerprint density at radius 3 is 2.12 bits per heavy atom. The van der Waals surface area contributed by atoms with E-state index in [-0.39, 0.29) is 5.56 Å². The van der Waals surface area contributed by atoms with Crippen molar-refractivity contribution < 1.29 is 22.3 Å². The number of alkyl halides is 4. The van der Waals surface area contributed by atoms with E-state index in [4.69, 9.17) is 4.74 Å². The summed E-state index contributed by atoms with van der Waals surface area (Å²) in [7, 11) is 0. The molecule has 1 aromatic rings. The lowest BCUT2D eigenvalue weighted by Gasteiger charge is -2.43. The Balaban J connectivity index is 2.15. The first-order valence-electron chi connectivity index (χ1n) is 5.23. The highest BCUT2D eigenvalue weighted by atomic mass is 19.3. The normalized spacial score (nSPS) is 21.9. The average Bonchev–Trinajstić information content (AvgIpc) is 2.28. The molecule has 1 saturated carbocycles. The van der Waals surface area contributed by atoms with Crippen LogP contribution in [0, 0.1) is 5.92 Å². The summed E-state index contributed by atoms with van der Waals surface area (Å²) in [6.07, 6.45) is -0.881. The molecule has 1 nitrogen and oxygen atoms in total. The van der Waals surface area contributed by atoms with Crippen molar-refractivity contribution in [1.29, 1.82) is 0 Å². The molecule has 0 atom stereocenters. The monoisotopic (exact) mass is 247 g/mol. The van der Waals surface area contributed by atoms with Gasteiger partial charge in [0.2, 0.25) is 0 Å². The van der Waals surface area contributed by atoms with Crippen LogP contribution in [0.3, 0.4) is 0 Å². The number of ether oxygens (including phenoxy) is 1. The highest BCUT2D eigenvalue weighted by Gasteiger charge is 2.72. The van der Waals surface area contributed by atoms with Crippen LogP contribution in [-0.4, -0.2) is 18.5 Å². The second-order valence-electron chi connectivity index (χ2n) is 3.89.